The van der Waals surface area contributed by atoms with Gasteiger partial charge in [-0.3, -0.25) is 19.4 Å². The van der Waals surface area contributed by atoms with Crippen molar-refractivity contribution < 1.29 is 38.0 Å². The summed E-state index contributed by atoms with van der Waals surface area (Å²) in [6.07, 6.45) is 12.6. The summed E-state index contributed by atoms with van der Waals surface area (Å²) >= 11 is 5.15. The highest BCUT2D eigenvalue weighted by Crippen LogP contribution is 2.48. The molecule has 7 heterocycles. The Kier molecular flexibility index (Phi) is 17.0. The molecule has 0 unspecified atom stereocenters. The molecule has 21 heteroatoms. The first-order chi connectivity index (χ1) is 32.2. The number of rotatable bonds is 13. The summed E-state index contributed by atoms with van der Waals surface area (Å²) in [7, 11) is 6.02. The summed E-state index contributed by atoms with van der Waals surface area (Å²) in [6, 6.07) is 9.61. The highest BCUT2D eigenvalue weighted by Gasteiger charge is 2.40. The van der Waals surface area contributed by atoms with E-state index in [4.69, 9.17) is 51.4 Å². The largest absolute Gasteiger partial charge is 0.493 e. The minimum atomic E-state index is -4.16. The van der Waals surface area contributed by atoms with Crippen LogP contribution in [0.5, 0.6) is 23.0 Å². The average molecular weight is 994 g/mol. The molecule has 67 heavy (non-hydrogen) atoms. The predicted octanol–water partition coefficient (Wildman–Crippen LogP) is 8.20. The van der Waals surface area contributed by atoms with Gasteiger partial charge in [-0.05, 0) is 110 Å². The topological polar surface area (TPSA) is 214 Å². The van der Waals surface area contributed by atoms with Gasteiger partial charge in [-0.15, -0.1) is 0 Å². The molecule has 0 saturated carbocycles. The number of nitrogen functional groups attached to an aromatic ring is 1. The molecule has 3 aliphatic heterocycles. The van der Waals surface area contributed by atoms with Gasteiger partial charge in [0, 0.05) is 37.6 Å². The van der Waals surface area contributed by atoms with Crippen molar-refractivity contribution >= 4 is 57.5 Å². The maximum Gasteiger partial charge on any atom is 0.350 e. The van der Waals surface area contributed by atoms with Crippen LogP contribution in [0, 0.1) is 22.6 Å². The SMILES string of the molecule is CC[C@H]1CN2CCc3cc(OC)c(OC)cc3[C@@H]2C[C@@H]1C[C@H]1NCCc2cc(OC)c(OC)cc21.C[C@H](Cn1cnc2c(N)ncnc21)OCP(=O)(O)O.Cc1c(-c2cnccn2)ssc1=S. The molecule has 0 radical (unpaired) electrons. The van der Waals surface area contributed by atoms with Crippen LogP contribution < -0.4 is 30.0 Å². The van der Waals surface area contributed by atoms with Crippen molar-refractivity contribution in [1.29, 1.82) is 0 Å². The predicted molar refractivity (Wildman–Crippen MR) is 264 cm³/mol. The second-order valence-corrected chi connectivity index (χ2v) is 21.2. The summed E-state index contributed by atoms with van der Waals surface area (Å²) in [5, 5.41) is 3.83. The average Bonchev–Trinajstić information content (AvgIpc) is 3.91. The maximum absolute atomic E-state index is 10.7. The number of piperidine rings is 1. The van der Waals surface area contributed by atoms with Crippen LogP contribution in [0.25, 0.3) is 21.7 Å². The monoisotopic (exact) mass is 993 g/mol. The minimum absolute atomic E-state index is 0.285. The number of fused-ring (bicyclic) bond motifs is 5. The summed E-state index contributed by atoms with van der Waals surface area (Å²) in [5.74, 6) is 4.97. The first-order valence-electron chi connectivity index (χ1n) is 22.2. The van der Waals surface area contributed by atoms with Gasteiger partial charge in [0.2, 0.25) is 0 Å². The molecule has 4 aromatic heterocycles. The Morgan fingerprint density at radius 3 is 2.24 bits per heavy atom. The molecule has 17 nitrogen and oxygen atoms in total. The second-order valence-electron chi connectivity index (χ2n) is 16.8. The number of nitrogens with one attached hydrogen (secondary N) is 1. The number of methoxy groups -OCH3 is 4. The Morgan fingerprint density at radius 2 is 1.61 bits per heavy atom. The lowest BCUT2D eigenvalue weighted by atomic mass is 9.72. The second kappa shape index (κ2) is 22.7. The lowest BCUT2D eigenvalue weighted by Crippen LogP contribution is -2.46. The first kappa shape index (κ1) is 50.3. The van der Waals surface area contributed by atoms with E-state index in [1.54, 1.807) is 79.2 Å². The molecule has 360 valence electrons. The highest BCUT2D eigenvalue weighted by molar-refractivity contribution is 7.80. The Morgan fingerprint density at radius 1 is 0.925 bits per heavy atom. The third kappa shape index (κ3) is 12.0. The number of hydrogen-bond donors (Lipinski definition) is 4. The van der Waals surface area contributed by atoms with Gasteiger partial charge in [0.15, 0.2) is 34.5 Å². The smallest absolute Gasteiger partial charge is 0.350 e. The fourth-order valence-electron chi connectivity index (χ4n) is 9.27. The summed E-state index contributed by atoms with van der Waals surface area (Å²) in [6.45, 7) is 9.74. The van der Waals surface area contributed by atoms with Crippen molar-refractivity contribution in [3.63, 3.8) is 0 Å². The summed E-state index contributed by atoms with van der Waals surface area (Å²) in [5.41, 5.74) is 14.4. The fraction of sp³-hybridized carbons (Fsp3) is 0.478. The van der Waals surface area contributed by atoms with Gasteiger partial charge in [0.1, 0.15) is 22.0 Å². The molecule has 1 fully saturated rings. The van der Waals surface area contributed by atoms with Crippen LogP contribution in [-0.4, -0.2) is 105 Å². The molecule has 0 spiro atoms. The van der Waals surface area contributed by atoms with E-state index in [9.17, 15) is 4.57 Å². The van der Waals surface area contributed by atoms with E-state index in [1.165, 1.54) is 54.3 Å². The molecule has 5 atom stereocenters. The van der Waals surface area contributed by atoms with Gasteiger partial charge in [0.25, 0.3) is 0 Å². The standard InChI is InChI=1S/C29H40N2O4.C9H14N5O4P.C8H6N2S3/c1-6-18-17-31-10-8-20-14-27(33-3)29(35-5)16-23(20)25(31)12-21(18)11-24-22-15-28(34-4)26(32-2)13-19(22)7-9-30-24;1-6(18-5-19(15,16)17)2-14-4-13-7-8(10)11-3-12-9(7)14;1-5-7(12-13-8(5)11)6-4-9-2-3-10-6/h13-16,18,21,24-25,30H,6-12,17H2,1-5H3;3-4,6H,2,5H2,1H3,(H2,10,11,12)(H2,15,16,17);2-4H,1H3/t18-,21-,24+,25-;6-;/m01./s1. The number of ether oxygens (including phenoxy) is 5. The number of nitrogens with zero attached hydrogens (tertiary/aromatic N) is 7. The van der Waals surface area contributed by atoms with Crippen molar-refractivity contribution in [3.05, 3.63) is 87.2 Å². The Bertz CT molecular complexity index is 2710. The molecule has 0 amide bonds. The number of nitrogens with two attached hydrogens (primary N) is 1. The Hall–Kier alpha value is -4.63. The summed E-state index contributed by atoms with van der Waals surface area (Å²) in [4.78, 5) is 41.6. The molecular weight excluding hydrogens is 934 g/mol. The molecule has 9 rings (SSSR count). The zero-order chi connectivity index (χ0) is 47.8. The number of hydrogen-bond acceptors (Lipinski definition) is 17. The molecule has 3 aliphatic rings. The van der Waals surface area contributed by atoms with Gasteiger partial charge in [-0.1, -0.05) is 46.2 Å². The number of aromatic nitrogens is 6. The number of imidazole rings is 1. The van der Waals surface area contributed by atoms with Gasteiger partial charge in [-0.2, -0.15) is 0 Å². The van der Waals surface area contributed by atoms with Crippen LogP contribution in [0.4, 0.5) is 5.82 Å². The molecular formula is C46H60N9O8PS3. The van der Waals surface area contributed by atoms with Crippen molar-refractivity contribution in [2.24, 2.45) is 11.8 Å². The van der Waals surface area contributed by atoms with E-state index in [2.05, 4.69) is 66.3 Å². The molecule has 5 N–H and O–H groups in total. The zero-order valence-corrected chi connectivity index (χ0v) is 42.2. The van der Waals surface area contributed by atoms with Gasteiger partial charge in [-0.25, -0.2) is 15.0 Å². The third-order valence-electron chi connectivity index (χ3n) is 12.7. The highest BCUT2D eigenvalue weighted by atomic mass is 32.9. The van der Waals surface area contributed by atoms with E-state index >= 15 is 0 Å². The third-order valence-corrected chi connectivity index (χ3v) is 16.5. The van der Waals surface area contributed by atoms with Crippen molar-refractivity contribution in [2.45, 2.75) is 77.6 Å². The maximum atomic E-state index is 10.7. The van der Waals surface area contributed by atoms with Gasteiger partial charge in [0.05, 0.1) is 64.2 Å². The number of benzene rings is 2. The molecule has 0 aliphatic carbocycles. The lowest BCUT2D eigenvalue weighted by molar-refractivity contribution is 0.0434. The molecule has 6 aromatic rings. The van der Waals surface area contributed by atoms with E-state index in [1.807, 2.05) is 6.92 Å². The van der Waals surface area contributed by atoms with Crippen LogP contribution in [0.3, 0.4) is 0 Å². The fourth-order valence-corrected chi connectivity index (χ4v) is 12.5. The van der Waals surface area contributed by atoms with Crippen LogP contribution in [0.15, 0.2) is 55.5 Å². The lowest BCUT2D eigenvalue weighted by Gasteiger charge is -2.48. The van der Waals surface area contributed by atoms with E-state index in [0.29, 0.717) is 41.6 Å². The van der Waals surface area contributed by atoms with E-state index in [-0.39, 0.29) is 5.82 Å². The quantitative estimate of drug-likeness (QED) is 0.0487. The van der Waals surface area contributed by atoms with Crippen LogP contribution in [0.2, 0.25) is 0 Å². The summed E-state index contributed by atoms with van der Waals surface area (Å²) < 4.78 is 40.9. The zero-order valence-electron chi connectivity index (χ0n) is 38.9. The van der Waals surface area contributed by atoms with Gasteiger partial charge >= 0.3 is 7.60 Å². The van der Waals surface area contributed by atoms with Gasteiger partial charge < -0.3 is 49.1 Å². The first-order valence-corrected chi connectivity index (χ1v) is 26.5. The van der Waals surface area contributed by atoms with E-state index in [0.717, 1.165) is 75.3 Å². The normalized spacial score (nSPS) is 19.4. The molecule has 0 bridgehead atoms. The van der Waals surface area contributed by atoms with Crippen molar-refractivity contribution in [3.8, 4) is 33.6 Å². The molecule has 2 aromatic carbocycles. The Labute approximate surface area is 403 Å². The van der Waals surface area contributed by atoms with Crippen molar-refractivity contribution in [2.75, 3.05) is 60.2 Å². The molecule has 1 saturated heterocycles. The number of anilines is 1. The van der Waals surface area contributed by atoms with Crippen molar-refractivity contribution in [1.82, 2.24) is 39.7 Å². The van der Waals surface area contributed by atoms with Crippen LogP contribution >= 0.6 is 40.5 Å². The minimum Gasteiger partial charge on any atom is -0.493 e. The Balaban J connectivity index is 0.000000173. The van der Waals surface area contributed by atoms with E-state index < -0.39 is 20.0 Å². The van der Waals surface area contributed by atoms with Crippen LogP contribution in [-0.2, 0) is 28.7 Å². The van der Waals surface area contributed by atoms with Crippen LogP contribution in [0.1, 0.15) is 73.0 Å².